The Hall–Kier alpha value is 0.0900. The Morgan fingerprint density at radius 2 is 1.63 bits per heavy atom. The maximum atomic E-state index is 6.10. The molecule has 1 fully saturated rings. The Kier molecular flexibility index (Phi) is 9.77. The molecule has 0 radical (unpaired) electrons. The average molecular weight is 297 g/mol. The minimum absolute atomic E-state index is 0.0229. The normalized spacial score (nSPS) is 26.4. The molecule has 0 N–H and O–H groups in total. The van der Waals surface area contributed by atoms with Crippen LogP contribution < -0.4 is 0 Å². The first kappa shape index (κ1) is 17.1. The quantitative estimate of drug-likeness (QED) is 0.403. The third-order valence-electron chi connectivity index (χ3n) is 2.97. The van der Waals surface area contributed by atoms with Gasteiger partial charge in [-0.15, -0.1) is 11.6 Å². The summed E-state index contributed by atoms with van der Waals surface area (Å²) in [6.07, 6.45) is 1.81. The molecule has 1 aliphatic carbocycles. The van der Waals surface area contributed by atoms with Gasteiger partial charge >= 0.3 is 0 Å². The predicted octanol–water partition coefficient (Wildman–Crippen LogP) is 1.47. The molecule has 19 heavy (non-hydrogen) atoms. The van der Waals surface area contributed by atoms with Crippen LogP contribution in [0.25, 0.3) is 0 Å². The van der Waals surface area contributed by atoms with Gasteiger partial charge in [0.25, 0.3) is 0 Å². The van der Waals surface area contributed by atoms with E-state index in [2.05, 4.69) is 0 Å². The number of rotatable bonds is 12. The van der Waals surface area contributed by atoms with Gasteiger partial charge in [-0.3, -0.25) is 0 Å². The smallest absolute Gasteiger partial charge is 0.100 e. The van der Waals surface area contributed by atoms with Crippen LogP contribution in [0.1, 0.15) is 12.8 Å². The highest BCUT2D eigenvalue weighted by Gasteiger charge is 2.41. The van der Waals surface area contributed by atoms with Crippen LogP contribution in [0, 0.1) is 0 Å². The van der Waals surface area contributed by atoms with Crippen molar-refractivity contribution in [1.29, 1.82) is 0 Å². The molecule has 1 saturated carbocycles. The van der Waals surface area contributed by atoms with Gasteiger partial charge in [0, 0.05) is 27.4 Å². The Morgan fingerprint density at radius 3 is 2.32 bits per heavy atom. The molecule has 0 saturated heterocycles. The highest BCUT2D eigenvalue weighted by Crippen LogP contribution is 2.31. The van der Waals surface area contributed by atoms with Crippen LogP contribution in [-0.2, 0) is 23.7 Å². The Morgan fingerprint density at radius 1 is 0.895 bits per heavy atom. The van der Waals surface area contributed by atoms with Crippen molar-refractivity contribution in [2.24, 2.45) is 0 Å². The number of ether oxygens (including phenoxy) is 5. The molecule has 0 aliphatic heterocycles. The molecule has 6 heteroatoms. The van der Waals surface area contributed by atoms with Crippen molar-refractivity contribution in [1.82, 2.24) is 0 Å². The van der Waals surface area contributed by atoms with Gasteiger partial charge in [-0.1, -0.05) is 0 Å². The first-order valence-electron chi connectivity index (χ1n) is 6.72. The van der Waals surface area contributed by atoms with Crippen molar-refractivity contribution < 1.29 is 23.7 Å². The first-order valence-corrected chi connectivity index (χ1v) is 7.16. The van der Waals surface area contributed by atoms with Crippen LogP contribution in [0.15, 0.2) is 0 Å². The second-order valence-electron chi connectivity index (χ2n) is 4.45. The van der Waals surface area contributed by atoms with E-state index in [1.165, 1.54) is 0 Å². The molecular formula is C13H25ClO5. The molecule has 114 valence electrons. The van der Waals surface area contributed by atoms with E-state index in [0.29, 0.717) is 33.0 Å². The summed E-state index contributed by atoms with van der Waals surface area (Å²) in [5, 5.41) is 0.0458. The van der Waals surface area contributed by atoms with Crippen molar-refractivity contribution in [3.8, 4) is 0 Å². The third-order valence-corrected chi connectivity index (χ3v) is 3.40. The lowest BCUT2D eigenvalue weighted by atomic mass is 9.91. The van der Waals surface area contributed by atoms with Gasteiger partial charge in [-0.05, 0) is 12.8 Å². The molecule has 0 aromatic rings. The van der Waals surface area contributed by atoms with Gasteiger partial charge in [0.05, 0.1) is 37.9 Å². The standard InChI is InChI=1S/C13H25ClO5/c1-15-4-3-5-17-7-9-18-12-10-11(14)13(12)19-8-6-16-2/h11-13H,3-10H2,1-2H3. The molecule has 3 atom stereocenters. The van der Waals surface area contributed by atoms with E-state index in [1.807, 2.05) is 0 Å². The average Bonchev–Trinajstić information content (AvgIpc) is 2.41. The molecule has 3 unspecified atom stereocenters. The Bertz CT molecular complexity index is 217. The minimum Gasteiger partial charge on any atom is -0.385 e. The van der Waals surface area contributed by atoms with Gasteiger partial charge in [-0.25, -0.2) is 0 Å². The van der Waals surface area contributed by atoms with E-state index in [1.54, 1.807) is 14.2 Å². The summed E-state index contributed by atoms with van der Waals surface area (Å²) in [5.74, 6) is 0. The van der Waals surface area contributed by atoms with E-state index in [9.17, 15) is 0 Å². The lowest BCUT2D eigenvalue weighted by molar-refractivity contribution is -0.136. The Balaban J connectivity index is 1.96. The number of methoxy groups -OCH3 is 2. The zero-order valence-corrected chi connectivity index (χ0v) is 12.6. The van der Waals surface area contributed by atoms with Crippen molar-refractivity contribution in [3.63, 3.8) is 0 Å². The molecule has 0 amide bonds. The fourth-order valence-electron chi connectivity index (χ4n) is 1.84. The second kappa shape index (κ2) is 10.8. The van der Waals surface area contributed by atoms with Crippen molar-refractivity contribution >= 4 is 11.6 Å². The summed E-state index contributed by atoms with van der Waals surface area (Å²) < 4.78 is 26.6. The predicted molar refractivity (Wildman–Crippen MR) is 72.9 cm³/mol. The zero-order chi connectivity index (χ0) is 13.9. The number of halogens is 1. The molecule has 0 aromatic heterocycles. The van der Waals surface area contributed by atoms with Crippen molar-refractivity contribution in [2.45, 2.75) is 30.4 Å². The third kappa shape index (κ3) is 6.88. The lowest BCUT2D eigenvalue weighted by Gasteiger charge is -2.40. The van der Waals surface area contributed by atoms with E-state index in [-0.39, 0.29) is 17.6 Å². The van der Waals surface area contributed by atoms with Crippen LogP contribution in [0.5, 0.6) is 0 Å². The topological polar surface area (TPSA) is 46.2 Å². The van der Waals surface area contributed by atoms with E-state index < -0.39 is 0 Å². The molecule has 1 aliphatic rings. The van der Waals surface area contributed by atoms with Crippen LogP contribution >= 0.6 is 11.6 Å². The van der Waals surface area contributed by atoms with Gasteiger partial charge in [-0.2, -0.15) is 0 Å². The molecule has 0 aromatic carbocycles. The monoisotopic (exact) mass is 296 g/mol. The summed E-state index contributed by atoms with van der Waals surface area (Å²) in [6, 6.07) is 0. The molecule has 0 heterocycles. The summed E-state index contributed by atoms with van der Waals surface area (Å²) in [6.45, 7) is 3.73. The lowest BCUT2D eigenvalue weighted by Crippen LogP contribution is -2.51. The van der Waals surface area contributed by atoms with Crippen LogP contribution in [0.2, 0.25) is 0 Å². The first-order chi connectivity index (χ1) is 9.29. The molecule has 0 bridgehead atoms. The van der Waals surface area contributed by atoms with Crippen molar-refractivity contribution in [3.05, 3.63) is 0 Å². The van der Waals surface area contributed by atoms with Gasteiger partial charge in [0.1, 0.15) is 6.10 Å². The number of hydrogen-bond acceptors (Lipinski definition) is 5. The zero-order valence-electron chi connectivity index (χ0n) is 11.8. The largest absolute Gasteiger partial charge is 0.385 e. The molecule has 0 spiro atoms. The molecule has 5 nitrogen and oxygen atoms in total. The van der Waals surface area contributed by atoms with Crippen LogP contribution in [-0.4, -0.2) is 71.4 Å². The Labute approximate surface area is 120 Å². The second-order valence-corrected chi connectivity index (χ2v) is 5.01. The van der Waals surface area contributed by atoms with Gasteiger partial charge in [0.2, 0.25) is 0 Å². The van der Waals surface area contributed by atoms with Crippen molar-refractivity contribution in [2.75, 3.05) is 53.9 Å². The van der Waals surface area contributed by atoms with Crippen LogP contribution in [0.4, 0.5) is 0 Å². The molecular weight excluding hydrogens is 272 g/mol. The van der Waals surface area contributed by atoms with E-state index in [4.69, 9.17) is 35.3 Å². The fraction of sp³-hybridized carbons (Fsp3) is 1.00. The SMILES string of the molecule is COCCCOCCOC1CC(Cl)C1OCCOC. The summed E-state index contributed by atoms with van der Waals surface area (Å²) in [4.78, 5) is 0. The summed E-state index contributed by atoms with van der Waals surface area (Å²) in [5.41, 5.74) is 0. The van der Waals surface area contributed by atoms with Gasteiger partial charge < -0.3 is 23.7 Å². The number of alkyl halides is 1. The maximum Gasteiger partial charge on any atom is 0.100 e. The minimum atomic E-state index is -0.0229. The highest BCUT2D eigenvalue weighted by molar-refractivity contribution is 6.21. The highest BCUT2D eigenvalue weighted by atomic mass is 35.5. The number of hydrogen-bond donors (Lipinski definition) is 0. The van der Waals surface area contributed by atoms with E-state index >= 15 is 0 Å². The molecule has 1 rings (SSSR count). The van der Waals surface area contributed by atoms with E-state index in [0.717, 1.165) is 19.4 Å². The summed E-state index contributed by atoms with van der Waals surface area (Å²) >= 11 is 6.10. The maximum absolute atomic E-state index is 6.10. The van der Waals surface area contributed by atoms with Gasteiger partial charge in [0.15, 0.2) is 0 Å². The summed E-state index contributed by atoms with van der Waals surface area (Å²) in [7, 11) is 3.34. The van der Waals surface area contributed by atoms with Crippen LogP contribution in [0.3, 0.4) is 0 Å². The fourth-order valence-corrected chi connectivity index (χ4v) is 2.25.